The van der Waals surface area contributed by atoms with Crippen molar-refractivity contribution in [1.29, 1.82) is 0 Å². The van der Waals surface area contributed by atoms with Crippen LogP contribution in [-0.2, 0) is 11.3 Å². The largest absolute Gasteiger partial charge is 0.366 e. The summed E-state index contributed by atoms with van der Waals surface area (Å²) in [4.78, 5) is 24.8. The zero-order valence-corrected chi connectivity index (χ0v) is 11.1. The van der Waals surface area contributed by atoms with Crippen molar-refractivity contribution in [3.8, 4) is 0 Å². The highest BCUT2D eigenvalue weighted by atomic mass is 16.2. The van der Waals surface area contributed by atoms with Gasteiger partial charge in [-0.25, -0.2) is 0 Å². The van der Waals surface area contributed by atoms with E-state index in [9.17, 15) is 9.59 Å². The van der Waals surface area contributed by atoms with Crippen LogP contribution in [0.5, 0.6) is 0 Å². The molecule has 1 saturated heterocycles. The number of carbonyl (C=O) groups is 2. The minimum Gasteiger partial charge on any atom is -0.366 e. The van der Waals surface area contributed by atoms with Gasteiger partial charge in [-0.3, -0.25) is 9.59 Å². The van der Waals surface area contributed by atoms with Gasteiger partial charge >= 0.3 is 0 Å². The Kier molecular flexibility index (Phi) is 4.16. The fourth-order valence-electron chi connectivity index (χ4n) is 2.30. The van der Waals surface area contributed by atoms with Crippen LogP contribution in [0.25, 0.3) is 0 Å². The Labute approximate surface area is 112 Å². The van der Waals surface area contributed by atoms with Crippen LogP contribution in [-0.4, -0.2) is 36.9 Å². The topological polar surface area (TPSA) is 75.4 Å². The molecule has 1 aromatic rings. The molecule has 0 saturated carbocycles. The van der Waals surface area contributed by atoms with E-state index in [1.165, 1.54) is 0 Å². The van der Waals surface area contributed by atoms with Gasteiger partial charge in [0.1, 0.15) is 0 Å². The Morgan fingerprint density at radius 2 is 2.05 bits per heavy atom. The third kappa shape index (κ3) is 3.32. The average Bonchev–Trinajstić information content (AvgIpc) is 2.92. The van der Waals surface area contributed by atoms with Gasteiger partial charge in [0.15, 0.2) is 0 Å². The van der Waals surface area contributed by atoms with Crippen LogP contribution in [0.2, 0.25) is 0 Å². The number of primary amides is 1. The second-order valence-electron chi connectivity index (χ2n) is 4.95. The third-order valence-corrected chi connectivity index (χ3v) is 3.44. The maximum absolute atomic E-state index is 12.1. The van der Waals surface area contributed by atoms with Crippen molar-refractivity contribution in [2.75, 3.05) is 20.1 Å². The number of amides is 2. The first-order valence-electron chi connectivity index (χ1n) is 6.42. The standard InChI is InChI=1S/C14H19N3O2/c1-17(14(19)12-6-7-16-8-12)9-10-2-4-11(5-3-10)13(15)18/h2-5,12,16H,6-9H2,1H3,(H2,15,18). The molecule has 102 valence electrons. The summed E-state index contributed by atoms with van der Waals surface area (Å²) < 4.78 is 0. The summed E-state index contributed by atoms with van der Waals surface area (Å²) in [5, 5.41) is 3.19. The monoisotopic (exact) mass is 261 g/mol. The molecule has 1 aliphatic heterocycles. The number of nitrogens with one attached hydrogen (secondary N) is 1. The molecule has 3 N–H and O–H groups in total. The van der Waals surface area contributed by atoms with E-state index in [1.54, 1.807) is 17.0 Å². The van der Waals surface area contributed by atoms with Crippen molar-refractivity contribution < 1.29 is 9.59 Å². The lowest BCUT2D eigenvalue weighted by molar-refractivity contribution is -0.134. The molecule has 1 heterocycles. The maximum Gasteiger partial charge on any atom is 0.248 e. The molecule has 19 heavy (non-hydrogen) atoms. The van der Waals surface area contributed by atoms with Crippen LogP contribution in [0.3, 0.4) is 0 Å². The highest BCUT2D eigenvalue weighted by Crippen LogP contribution is 2.13. The molecule has 0 bridgehead atoms. The van der Waals surface area contributed by atoms with E-state index >= 15 is 0 Å². The number of carbonyl (C=O) groups excluding carboxylic acids is 2. The predicted octanol–water partition coefficient (Wildman–Crippen LogP) is 0.353. The first-order chi connectivity index (χ1) is 9.08. The van der Waals surface area contributed by atoms with Crippen molar-refractivity contribution in [2.45, 2.75) is 13.0 Å². The van der Waals surface area contributed by atoms with Crippen molar-refractivity contribution in [3.63, 3.8) is 0 Å². The summed E-state index contributed by atoms with van der Waals surface area (Å²) in [6.07, 6.45) is 0.907. The van der Waals surface area contributed by atoms with Gasteiger partial charge < -0.3 is 16.0 Å². The molecular weight excluding hydrogens is 242 g/mol. The molecule has 5 heteroatoms. The molecule has 0 aromatic heterocycles. The second-order valence-corrected chi connectivity index (χ2v) is 4.95. The molecule has 1 fully saturated rings. The number of hydrogen-bond donors (Lipinski definition) is 2. The van der Waals surface area contributed by atoms with Gasteiger partial charge in [0.2, 0.25) is 11.8 Å². The van der Waals surface area contributed by atoms with E-state index < -0.39 is 5.91 Å². The fraction of sp³-hybridized carbons (Fsp3) is 0.429. The lowest BCUT2D eigenvalue weighted by atomic mass is 10.1. The Morgan fingerprint density at radius 1 is 1.37 bits per heavy atom. The minimum atomic E-state index is -0.437. The lowest BCUT2D eigenvalue weighted by Gasteiger charge is -2.20. The van der Waals surface area contributed by atoms with E-state index in [4.69, 9.17) is 5.73 Å². The predicted molar refractivity (Wildman–Crippen MR) is 72.4 cm³/mol. The minimum absolute atomic E-state index is 0.0925. The van der Waals surface area contributed by atoms with Crippen LogP contribution >= 0.6 is 0 Å². The zero-order chi connectivity index (χ0) is 13.8. The van der Waals surface area contributed by atoms with Gasteiger partial charge in [0.05, 0.1) is 5.92 Å². The molecule has 1 aliphatic rings. The third-order valence-electron chi connectivity index (χ3n) is 3.44. The highest BCUT2D eigenvalue weighted by molar-refractivity contribution is 5.92. The molecule has 1 aromatic carbocycles. The molecule has 2 rings (SSSR count). The molecule has 0 aliphatic carbocycles. The Balaban J connectivity index is 1.96. The molecule has 2 amide bonds. The number of nitrogens with two attached hydrogens (primary N) is 1. The number of nitrogens with zero attached hydrogens (tertiary/aromatic N) is 1. The number of hydrogen-bond acceptors (Lipinski definition) is 3. The quantitative estimate of drug-likeness (QED) is 0.821. The van der Waals surface area contributed by atoms with Gasteiger partial charge in [0, 0.05) is 25.7 Å². The van der Waals surface area contributed by atoms with Gasteiger partial charge in [-0.2, -0.15) is 0 Å². The van der Waals surface area contributed by atoms with Crippen LogP contribution in [0.15, 0.2) is 24.3 Å². The normalized spacial score (nSPS) is 18.3. The van der Waals surface area contributed by atoms with Crippen LogP contribution < -0.4 is 11.1 Å². The van der Waals surface area contributed by atoms with E-state index in [-0.39, 0.29) is 11.8 Å². The van der Waals surface area contributed by atoms with Crippen molar-refractivity contribution in [2.24, 2.45) is 11.7 Å². The summed E-state index contributed by atoms with van der Waals surface area (Å²) in [7, 11) is 1.81. The Bertz CT molecular complexity index is 464. The average molecular weight is 261 g/mol. The van der Waals surface area contributed by atoms with E-state index in [1.807, 2.05) is 19.2 Å². The summed E-state index contributed by atoms with van der Waals surface area (Å²) in [6.45, 7) is 2.23. The highest BCUT2D eigenvalue weighted by Gasteiger charge is 2.25. The molecule has 1 unspecified atom stereocenters. The fourth-order valence-corrected chi connectivity index (χ4v) is 2.30. The van der Waals surface area contributed by atoms with Gasteiger partial charge in [-0.15, -0.1) is 0 Å². The molecule has 0 radical (unpaired) electrons. The van der Waals surface area contributed by atoms with Gasteiger partial charge in [0.25, 0.3) is 0 Å². The first kappa shape index (κ1) is 13.5. The Hall–Kier alpha value is -1.88. The SMILES string of the molecule is CN(Cc1ccc(C(N)=O)cc1)C(=O)C1CCNC1. The molecule has 0 spiro atoms. The summed E-state index contributed by atoms with van der Waals surface area (Å²) >= 11 is 0. The van der Waals surface area contributed by atoms with E-state index in [0.717, 1.165) is 25.1 Å². The van der Waals surface area contributed by atoms with Gasteiger partial charge in [-0.05, 0) is 30.7 Å². The second kappa shape index (κ2) is 5.84. The summed E-state index contributed by atoms with van der Waals surface area (Å²) in [5.41, 5.74) is 6.66. The maximum atomic E-state index is 12.1. The van der Waals surface area contributed by atoms with E-state index in [2.05, 4.69) is 5.32 Å². The van der Waals surface area contributed by atoms with Crippen molar-refractivity contribution in [1.82, 2.24) is 10.2 Å². The summed E-state index contributed by atoms with van der Waals surface area (Å²) in [6, 6.07) is 7.04. The van der Waals surface area contributed by atoms with Crippen LogP contribution in [0.4, 0.5) is 0 Å². The summed E-state index contributed by atoms with van der Waals surface area (Å²) in [5.74, 6) is -0.174. The van der Waals surface area contributed by atoms with Crippen LogP contribution in [0.1, 0.15) is 22.3 Å². The molecule has 5 nitrogen and oxygen atoms in total. The first-order valence-corrected chi connectivity index (χ1v) is 6.42. The van der Waals surface area contributed by atoms with Crippen molar-refractivity contribution in [3.05, 3.63) is 35.4 Å². The lowest BCUT2D eigenvalue weighted by Crippen LogP contribution is -2.33. The zero-order valence-electron chi connectivity index (χ0n) is 11.1. The van der Waals surface area contributed by atoms with Crippen LogP contribution in [0, 0.1) is 5.92 Å². The molecule has 1 atom stereocenters. The number of rotatable bonds is 4. The number of benzene rings is 1. The Morgan fingerprint density at radius 3 is 2.58 bits per heavy atom. The smallest absolute Gasteiger partial charge is 0.248 e. The van der Waals surface area contributed by atoms with Gasteiger partial charge in [-0.1, -0.05) is 12.1 Å². The van der Waals surface area contributed by atoms with Crippen molar-refractivity contribution >= 4 is 11.8 Å². The van der Waals surface area contributed by atoms with E-state index in [0.29, 0.717) is 12.1 Å². The molecular formula is C14H19N3O2.